The Balaban J connectivity index is 2.26. The zero-order chi connectivity index (χ0) is 20.1. The highest BCUT2D eigenvalue weighted by Gasteiger charge is 2.38. The van der Waals surface area contributed by atoms with E-state index in [1.54, 1.807) is 24.3 Å². The first-order valence-electron chi connectivity index (χ1n) is 9.35. The van der Waals surface area contributed by atoms with Crippen molar-refractivity contribution in [3.63, 3.8) is 0 Å². The Hall–Kier alpha value is -2.01. The summed E-state index contributed by atoms with van der Waals surface area (Å²) in [5.74, 6) is -0.289. The number of rotatable bonds is 9. The van der Waals surface area contributed by atoms with E-state index in [9.17, 15) is 9.90 Å². The van der Waals surface area contributed by atoms with E-state index in [-0.39, 0.29) is 12.2 Å². The van der Waals surface area contributed by atoms with E-state index in [1.165, 1.54) is 0 Å². The largest absolute Gasteiger partial charge is 0.377 e. The third-order valence-electron chi connectivity index (χ3n) is 4.41. The molecular weight excluding hydrogens is 350 g/mol. The van der Waals surface area contributed by atoms with Gasteiger partial charge in [-0.1, -0.05) is 92.5 Å². The van der Waals surface area contributed by atoms with Gasteiger partial charge in [0.15, 0.2) is 11.4 Å². The zero-order valence-corrected chi connectivity index (χ0v) is 17.9. The number of nitrogens with zero attached hydrogens (tertiary/aromatic N) is 1. The molecule has 4 heteroatoms. The summed E-state index contributed by atoms with van der Waals surface area (Å²) < 4.78 is 0. The average Bonchev–Trinajstić information content (AvgIpc) is 2.60. The van der Waals surface area contributed by atoms with Crippen molar-refractivity contribution in [2.45, 2.75) is 31.7 Å². The minimum Gasteiger partial charge on any atom is -0.377 e. The van der Waals surface area contributed by atoms with Gasteiger partial charge in [0.05, 0.1) is 8.07 Å². The van der Waals surface area contributed by atoms with Crippen molar-refractivity contribution >= 4 is 13.9 Å². The third-order valence-corrected chi connectivity index (χ3v) is 5.90. The van der Waals surface area contributed by atoms with E-state index in [2.05, 4.69) is 38.2 Å². The molecule has 0 amide bonds. The minimum atomic E-state index is -1.61. The molecule has 1 atom stereocenters. The molecule has 2 aromatic rings. The van der Waals surface area contributed by atoms with Crippen molar-refractivity contribution in [1.29, 1.82) is 0 Å². The predicted octanol–water partition coefficient (Wildman–Crippen LogP) is 4.51. The molecule has 144 valence electrons. The third kappa shape index (κ3) is 5.99. The van der Waals surface area contributed by atoms with E-state index < -0.39 is 13.7 Å². The second-order valence-electron chi connectivity index (χ2n) is 8.58. The maximum Gasteiger partial charge on any atom is 0.199 e. The van der Waals surface area contributed by atoms with Crippen LogP contribution < -0.4 is 0 Å². The monoisotopic (exact) mass is 381 g/mol. The van der Waals surface area contributed by atoms with Crippen molar-refractivity contribution in [1.82, 2.24) is 4.90 Å². The first kappa shape index (κ1) is 21.3. The topological polar surface area (TPSA) is 40.5 Å². The van der Waals surface area contributed by atoms with Crippen LogP contribution in [0.15, 0.2) is 72.8 Å². The zero-order valence-electron chi connectivity index (χ0n) is 16.9. The molecule has 0 fully saturated rings. The summed E-state index contributed by atoms with van der Waals surface area (Å²) in [5, 5.41) is 11.5. The Morgan fingerprint density at radius 3 is 2.07 bits per heavy atom. The number of likely N-dealkylation sites (N-methyl/N-ethyl adjacent to an activating group) is 1. The Kier molecular flexibility index (Phi) is 6.93. The van der Waals surface area contributed by atoms with Crippen molar-refractivity contribution < 1.29 is 9.90 Å². The fourth-order valence-corrected chi connectivity index (χ4v) is 5.25. The van der Waals surface area contributed by atoms with Gasteiger partial charge in [-0.15, -0.1) is 0 Å². The summed E-state index contributed by atoms with van der Waals surface area (Å²) in [5.41, 5.74) is 0.353. The minimum absolute atomic E-state index is 0.209. The van der Waals surface area contributed by atoms with Crippen LogP contribution in [0.5, 0.6) is 0 Å². The molecule has 0 saturated carbocycles. The molecule has 0 aliphatic heterocycles. The highest BCUT2D eigenvalue weighted by atomic mass is 28.3. The van der Waals surface area contributed by atoms with Crippen molar-refractivity contribution in [3.8, 4) is 0 Å². The maximum atomic E-state index is 13.2. The lowest BCUT2D eigenvalue weighted by atomic mass is 9.81. The van der Waals surface area contributed by atoms with Gasteiger partial charge in [0.2, 0.25) is 0 Å². The molecule has 0 aliphatic carbocycles. The summed E-state index contributed by atoms with van der Waals surface area (Å²) >= 11 is 0. The molecule has 0 radical (unpaired) electrons. The molecule has 0 spiro atoms. The van der Waals surface area contributed by atoms with Crippen LogP contribution in [0.25, 0.3) is 0 Å². The first-order chi connectivity index (χ1) is 12.6. The molecule has 0 saturated heterocycles. The Morgan fingerprint density at radius 2 is 1.56 bits per heavy atom. The standard InChI is InChI=1S/C23H31NO2Si/c1-19(17-24(2)18-27(3,4)5)16-23(26,21-14-10-7-11-15-21)22(25)20-12-8-6-9-13-20/h6-15,26H,1,16-18H2,2-5H3. The van der Waals surface area contributed by atoms with Crippen LogP contribution in [0.4, 0.5) is 0 Å². The van der Waals surface area contributed by atoms with Crippen LogP contribution in [-0.4, -0.2) is 43.6 Å². The number of hydrogen-bond acceptors (Lipinski definition) is 3. The molecule has 2 aromatic carbocycles. The molecule has 2 rings (SSSR count). The number of Topliss-reactive ketones (excluding diaryl/α,β-unsaturated/α-hetero) is 1. The summed E-state index contributed by atoms with van der Waals surface area (Å²) in [6, 6.07) is 18.2. The van der Waals surface area contributed by atoms with Gasteiger partial charge in [-0.3, -0.25) is 4.79 Å². The van der Waals surface area contributed by atoms with Gasteiger partial charge in [0.25, 0.3) is 0 Å². The van der Waals surface area contributed by atoms with Crippen molar-refractivity contribution in [2.75, 3.05) is 19.8 Å². The predicted molar refractivity (Wildman–Crippen MR) is 116 cm³/mol. The number of ketones is 1. The van der Waals surface area contributed by atoms with E-state index in [4.69, 9.17) is 0 Å². The molecule has 1 N–H and O–H groups in total. The number of benzene rings is 2. The second-order valence-corrected chi connectivity index (χ2v) is 14.0. The second kappa shape index (κ2) is 8.78. The Bertz CT molecular complexity index is 768. The fourth-order valence-electron chi connectivity index (χ4n) is 3.52. The quantitative estimate of drug-likeness (QED) is 0.395. The van der Waals surface area contributed by atoms with E-state index in [1.807, 2.05) is 36.4 Å². The Morgan fingerprint density at radius 1 is 1.04 bits per heavy atom. The highest BCUT2D eigenvalue weighted by Crippen LogP contribution is 2.32. The van der Waals surface area contributed by atoms with Crippen LogP contribution >= 0.6 is 0 Å². The van der Waals surface area contributed by atoms with Crippen LogP contribution in [0.1, 0.15) is 22.3 Å². The van der Waals surface area contributed by atoms with Gasteiger partial charge in [-0.2, -0.15) is 0 Å². The number of carbonyl (C=O) groups excluding carboxylic acids is 1. The van der Waals surface area contributed by atoms with Gasteiger partial charge in [0.1, 0.15) is 0 Å². The van der Waals surface area contributed by atoms with Crippen LogP contribution in [-0.2, 0) is 5.60 Å². The number of carbonyl (C=O) groups is 1. The lowest BCUT2D eigenvalue weighted by Gasteiger charge is -2.31. The highest BCUT2D eigenvalue weighted by molar-refractivity contribution is 6.76. The van der Waals surface area contributed by atoms with Gasteiger partial charge in [-0.25, -0.2) is 0 Å². The van der Waals surface area contributed by atoms with E-state index in [0.717, 1.165) is 11.7 Å². The molecular formula is C23H31NO2Si. The van der Waals surface area contributed by atoms with Crippen LogP contribution in [0.3, 0.4) is 0 Å². The number of aliphatic hydroxyl groups is 1. The van der Waals surface area contributed by atoms with Crippen LogP contribution in [0.2, 0.25) is 19.6 Å². The molecule has 0 heterocycles. The summed E-state index contributed by atoms with van der Waals surface area (Å²) in [7, 11) is 0.845. The SMILES string of the molecule is C=C(CN(C)C[Si](C)(C)C)CC(O)(C(=O)c1ccccc1)c1ccccc1. The molecule has 27 heavy (non-hydrogen) atoms. The van der Waals surface area contributed by atoms with Gasteiger partial charge in [-0.05, 0) is 18.8 Å². The maximum absolute atomic E-state index is 13.2. The molecule has 1 unspecified atom stereocenters. The number of hydrogen-bond donors (Lipinski definition) is 1. The van der Waals surface area contributed by atoms with Gasteiger partial charge >= 0.3 is 0 Å². The summed E-state index contributed by atoms with van der Waals surface area (Å²) in [6.07, 6.45) is 1.25. The Labute approximate surface area is 164 Å². The van der Waals surface area contributed by atoms with Gasteiger partial charge < -0.3 is 10.0 Å². The summed E-state index contributed by atoms with van der Waals surface area (Å²) in [4.78, 5) is 15.5. The van der Waals surface area contributed by atoms with E-state index in [0.29, 0.717) is 17.7 Å². The van der Waals surface area contributed by atoms with E-state index >= 15 is 0 Å². The lowest BCUT2D eigenvalue weighted by molar-refractivity contribution is 0.0293. The molecule has 0 aromatic heterocycles. The fraction of sp³-hybridized carbons (Fsp3) is 0.348. The first-order valence-corrected chi connectivity index (χ1v) is 13.1. The lowest BCUT2D eigenvalue weighted by Crippen LogP contribution is -2.41. The van der Waals surface area contributed by atoms with Crippen molar-refractivity contribution in [3.05, 3.63) is 83.9 Å². The normalized spacial score (nSPS) is 14.0. The van der Waals surface area contributed by atoms with Gasteiger partial charge in [0, 0.05) is 18.5 Å². The smallest absolute Gasteiger partial charge is 0.199 e. The van der Waals surface area contributed by atoms with Crippen molar-refractivity contribution in [2.24, 2.45) is 0 Å². The summed E-state index contributed by atoms with van der Waals surface area (Å²) in [6.45, 7) is 11.8. The molecule has 0 bridgehead atoms. The molecule has 0 aliphatic rings. The molecule has 3 nitrogen and oxygen atoms in total. The average molecular weight is 382 g/mol. The van der Waals surface area contributed by atoms with Crippen LogP contribution in [0, 0.1) is 0 Å².